The topological polar surface area (TPSA) is 28.2 Å². The first-order valence-electron chi connectivity index (χ1n) is 6.68. The molecule has 1 aliphatic heterocycles. The van der Waals surface area contributed by atoms with Crippen molar-refractivity contribution in [2.45, 2.75) is 38.8 Å². The zero-order chi connectivity index (χ0) is 12.1. The molecule has 17 heavy (non-hydrogen) atoms. The van der Waals surface area contributed by atoms with Crippen LogP contribution in [0.4, 0.5) is 0 Å². The highest BCUT2D eigenvalue weighted by atomic mass is 15.2. The minimum Gasteiger partial charge on any atom is -0.313 e. The highest BCUT2D eigenvalue weighted by Crippen LogP contribution is 2.21. The highest BCUT2D eigenvalue weighted by Gasteiger charge is 2.21. The van der Waals surface area contributed by atoms with Gasteiger partial charge in [-0.2, -0.15) is 0 Å². The molecule has 0 saturated carbocycles. The van der Waals surface area contributed by atoms with Gasteiger partial charge in [-0.15, -0.1) is 0 Å². The van der Waals surface area contributed by atoms with E-state index in [1.165, 1.54) is 24.9 Å². The van der Waals surface area contributed by atoms with Gasteiger partial charge in [0.2, 0.25) is 0 Å². The number of rotatable bonds is 3. The van der Waals surface area contributed by atoms with Crippen LogP contribution in [0.15, 0.2) is 24.5 Å². The Labute approximate surface area is 104 Å². The average Bonchev–Trinajstić information content (AvgIpc) is 2.64. The van der Waals surface area contributed by atoms with Crippen molar-refractivity contribution >= 4 is 0 Å². The molecule has 0 amide bonds. The van der Waals surface area contributed by atoms with E-state index in [4.69, 9.17) is 0 Å². The summed E-state index contributed by atoms with van der Waals surface area (Å²) in [6.07, 6.45) is 6.27. The standard InChI is InChI=1S/C14H23N3/c1-3-14-11-17(9-5-8-16-14)12(2)13-6-4-7-15-10-13/h4,6-7,10,12,14,16H,3,5,8-9,11H2,1-2H3. The third-order valence-corrected chi connectivity index (χ3v) is 3.72. The molecule has 1 fully saturated rings. The average molecular weight is 233 g/mol. The van der Waals surface area contributed by atoms with Crippen LogP contribution in [-0.4, -0.2) is 35.6 Å². The van der Waals surface area contributed by atoms with Crippen molar-refractivity contribution in [3.05, 3.63) is 30.1 Å². The first kappa shape index (κ1) is 12.5. The summed E-state index contributed by atoms with van der Waals surface area (Å²) >= 11 is 0. The minimum absolute atomic E-state index is 0.470. The fourth-order valence-electron chi connectivity index (χ4n) is 2.49. The number of aromatic nitrogens is 1. The van der Waals surface area contributed by atoms with Gasteiger partial charge in [-0.05, 0) is 37.9 Å². The SMILES string of the molecule is CCC1CN(C(C)c2cccnc2)CCCN1. The molecule has 1 aliphatic rings. The van der Waals surface area contributed by atoms with E-state index >= 15 is 0 Å². The van der Waals surface area contributed by atoms with Crippen molar-refractivity contribution in [3.8, 4) is 0 Å². The van der Waals surface area contributed by atoms with Gasteiger partial charge in [0.1, 0.15) is 0 Å². The normalized spacial score (nSPS) is 24.2. The number of hydrogen-bond acceptors (Lipinski definition) is 3. The predicted octanol–water partition coefficient (Wildman–Crippen LogP) is 2.22. The van der Waals surface area contributed by atoms with E-state index in [9.17, 15) is 0 Å². The van der Waals surface area contributed by atoms with E-state index in [1.807, 2.05) is 18.5 Å². The Morgan fingerprint density at radius 3 is 3.18 bits per heavy atom. The zero-order valence-corrected chi connectivity index (χ0v) is 10.9. The first-order chi connectivity index (χ1) is 8.31. The molecule has 1 saturated heterocycles. The summed E-state index contributed by atoms with van der Waals surface area (Å²) in [4.78, 5) is 6.80. The fourth-order valence-corrected chi connectivity index (χ4v) is 2.49. The van der Waals surface area contributed by atoms with Crippen molar-refractivity contribution in [2.75, 3.05) is 19.6 Å². The van der Waals surface area contributed by atoms with Gasteiger partial charge in [0.25, 0.3) is 0 Å². The van der Waals surface area contributed by atoms with Crippen molar-refractivity contribution in [2.24, 2.45) is 0 Å². The maximum absolute atomic E-state index is 4.22. The molecule has 2 atom stereocenters. The van der Waals surface area contributed by atoms with Crippen molar-refractivity contribution < 1.29 is 0 Å². The predicted molar refractivity (Wildman–Crippen MR) is 70.9 cm³/mol. The van der Waals surface area contributed by atoms with Crippen molar-refractivity contribution in [1.29, 1.82) is 0 Å². The van der Waals surface area contributed by atoms with Gasteiger partial charge in [-0.25, -0.2) is 0 Å². The van der Waals surface area contributed by atoms with Crippen LogP contribution in [0.2, 0.25) is 0 Å². The lowest BCUT2D eigenvalue weighted by Crippen LogP contribution is -2.38. The van der Waals surface area contributed by atoms with E-state index in [0.717, 1.165) is 13.1 Å². The number of nitrogens with zero attached hydrogens (tertiary/aromatic N) is 2. The van der Waals surface area contributed by atoms with Crippen molar-refractivity contribution in [3.63, 3.8) is 0 Å². The Hall–Kier alpha value is -0.930. The lowest BCUT2D eigenvalue weighted by molar-refractivity contribution is 0.205. The molecule has 94 valence electrons. The fraction of sp³-hybridized carbons (Fsp3) is 0.643. The molecule has 0 aliphatic carbocycles. The summed E-state index contributed by atoms with van der Waals surface area (Å²) in [6, 6.07) is 5.31. The van der Waals surface area contributed by atoms with Crippen LogP contribution in [-0.2, 0) is 0 Å². The largest absolute Gasteiger partial charge is 0.313 e. The van der Waals surface area contributed by atoms with Gasteiger partial charge in [0.05, 0.1) is 0 Å². The molecule has 0 aromatic carbocycles. The third-order valence-electron chi connectivity index (χ3n) is 3.72. The molecule has 0 radical (unpaired) electrons. The Kier molecular flexibility index (Phi) is 4.51. The second kappa shape index (κ2) is 6.12. The van der Waals surface area contributed by atoms with E-state index < -0.39 is 0 Å². The van der Waals surface area contributed by atoms with E-state index in [0.29, 0.717) is 12.1 Å². The molecule has 2 rings (SSSR count). The Bertz CT molecular complexity index is 325. The number of hydrogen-bond donors (Lipinski definition) is 1. The highest BCUT2D eigenvalue weighted by molar-refractivity contribution is 5.13. The van der Waals surface area contributed by atoms with Crippen LogP contribution in [0.25, 0.3) is 0 Å². The summed E-state index contributed by atoms with van der Waals surface area (Å²) in [5, 5.41) is 3.61. The summed E-state index contributed by atoms with van der Waals surface area (Å²) in [5.41, 5.74) is 1.32. The quantitative estimate of drug-likeness (QED) is 0.867. The van der Waals surface area contributed by atoms with E-state index in [-0.39, 0.29) is 0 Å². The lowest BCUT2D eigenvalue weighted by atomic mass is 10.1. The molecule has 0 bridgehead atoms. The lowest BCUT2D eigenvalue weighted by Gasteiger charge is -2.30. The van der Waals surface area contributed by atoms with E-state index in [2.05, 4.69) is 35.1 Å². The summed E-state index contributed by atoms with van der Waals surface area (Å²) < 4.78 is 0. The maximum atomic E-state index is 4.22. The van der Waals surface area contributed by atoms with Gasteiger partial charge in [0.15, 0.2) is 0 Å². The zero-order valence-electron chi connectivity index (χ0n) is 10.9. The van der Waals surface area contributed by atoms with Gasteiger partial charge >= 0.3 is 0 Å². The Morgan fingerprint density at radius 1 is 1.59 bits per heavy atom. The molecule has 2 heterocycles. The Balaban J connectivity index is 2.05. The summed E-state index contributed by atoms with van der Waals surface area (Å²) in [5.74, 6) is 0. The monoisotopic (exact) mass is 233 g/mol. The molecule has 1 N–H and O–H groups in total. The molecule has 1 aromatic heterocycles. The van der Waals surface area contributed by atoms with Crippen LogP contribution >= 0.6 is 0 Å². The van der Waals surface area contributed by atoms with Crippen LogP contribution in [0.1, 0.15) is 38.3 Å². The van der Waals surface area contributed by atoms with Crippen LogP contribution in [0, 0.1) is 0 Å². The molecule has 1 aromatic rings. The van der Waals surface area contributed by atoms with Crippen LogP contribution in [0.5, 0.6) is 0 Å². The smallest absolute Gasteiger partial charge is 0.0335 e. The molecule has 2 unspecified atom stereocenters. The van der Waals surface area contributed by atoms with Gasteiger partial charge in [-0.3, -0.25) is 9.88 Å². The minimum atomic E-state index is 0.470. The van der Waals surface area contributed by atoms with E-state index in [1.54, 1.807) is 0 Å². The molecule has 3 nitrogen and oxygen atoms in total. The van der Waals surface area contributed by atoms with Crippen molar-refractivity contribution in [1.82, 2.24) is 15.2 Å². The summed E-state index contributed by atoms with van der Waals surface area (Å²) in [7, 11) is 0. The molecular weight excluding hydrogens is 210 g/mol. The maximum Gasteiger partial charge on any atom is 0.0335 e. The van der Waals surface area contributed by atoms with Gasteiger partial charge in [-0.1, -0.05) is 13.0 Å². The Morgan fingerprint density at radius 2 is 2.47 bits per heavy atom. The van der Waals surface area contributed by atoms with Gasteiger partial charge < -0.3 is 5.32 Å². The summed E-state index contributed by atoms with van der Waals surface area (Å²) in [6.45, 7) is 8.02. The molecule has 3 heteroatoms. The first-order valence-corrected chi connectivity index (χ1v) is 6.68. The number of pyridine rings is 1. The van der Waals surface area contributed by atoms with Crippen LogP contribution in [0.3, 0.4) is 0 Å². The number of nitrogens with one attached hydrogen (secondary N) is 1. The van der Waals surface area contributed by atoms with Crippen LogP contribution < -0.4 is 5.32 Å². The second-order valence-corrected chi connectivity index (χ2v) is 4.87. The molecule has 0 spiro atoms. The second-order valence-electron chi connectivity index (χ2n) is 4.87. The molecular formula is C14H23N3. The van der Waals surface area contributed by atoms with Gasteiger partial charge in [0, 0.05) is 37.6 Å². The third kappa shape index (κ3) is 3.27.